The highest BCUT2D eigenvalue weighted by molar-refractivity contribution is 5.92. The number of carbonyl (C=O) groups is 2. The maximum absolute atomic E-state index is 12.2. The average molecular weight is 354 g/mol. The van der Waals surface area contributed by atoms with Crippen molar-refractivity contribution in [3.8, 4) is 6.07 Å². The van der Waals surface area contributed by atoms with Gasteiger partial charge in [-0.1, -0.05) is 19.4 Å². The lowest BCUT2D eigenvalue weighted by atomic mass is 9.44. The molecule has 0 radical (unpaired) electrons. The van der Waals surface area contributed by atoms with Crippen molar-refractivity contribution >= 4 is 11.6 Å². The summed E-state index contributed by atoms with van der Waals surface area (Å²) in [6.07, 6.45) is 9.61. The summed E-state index contributed by atoms with van der Waals surface area (Å²) in [4.78, 5) is 24.5. The van der Waals surface area contributed by atoms with Crippen molar-refractivity contribution < 1.29 is 9.59 Å². The molecule has 0 aromatic carbocycles. The van der Waals surface area contributed by atoms with E-state index in [1.165, 1.54) is 12.0 Å². The second kappa shape index (κ2) is 6.04. The Labute approximate surface area is 157 Å². The topological polar surface area (TPSA) is 57.9 Å². The lowest BCUT2D eigenvalue weighted by Gasteiger charge is -2.60. The Bertz CT molecular complexity index is 716. The normalized spacial score (nSPS) is 47.2. The number of nitrogens with zero attached hydrogens (tertiary/aromatic N) is 1. The molecule has 7 atom stereocenters. The Hall–Kier alpha value is -1.43. The number of ketones is 2. The van der Waals surface area contributed by atoms with Crippen LogP contribution in [0.3, 0.4) is 0 Å². The minimum Gasteiger partial charge on any atom is -0.300 e. The van der Waals surface area contributed by atoms with Gasteiger partial charge in [-0.25, -0.2) is 0 Å². The van der Waals surface area contributed by atoms with Crippen LogP contribution in [0.15, 0.2) is 11.6 Å². The molecule has 0 bridgehead atoms. The summed E-state index contributed by atoms with van der Waals surface area (Å²) in [5.41, 5.74) is 1.49. The van der Waals surface area contributed by atoms with Gasteiger partial charge in [0.2, 0.25) is 0 Å². The Morgan fingerprint density at radius 1 is 1.23 bits per heavy atom. The van der Waals surface area contributed by atoms with E-state index in [2.05, 4.69) is 19.9 Å². The summed E-state index contributed by atoms with van der Waals surface area (Å²) in [6.45, 7) is 6.51. The van der Waals surface area contributed by atoms with Crippen molar-refractivity contribution in [3.05, 3.63) is 11.6 Å². The van der Waals surface area contributed by atoms with E-state index in [4.69, 9.17) is 0 Å². The monoisotopic (exact) mass is 353 g/mol. The molecule has 0 saturated heterocycles. The first-order valence-electron chi connectivity index (χ1n) is 10.4. The predicted octanol–water partition coefficient (Wildman–Crippen LogP) is 4.86. The average Bonchev–Trinajstić information content (AvgIpc) is 2.94. The molecule has 0 aromatic heterocycles. The lowest BCUT2D eigenvalue weighted by molar-refractivity contribution is -0.130. The van der Waals surface area contributed by atoms with Crippen LogP contribution in [0.1, 0.15) is 72.1 Å². The largest absolute Gasteiger partial charge is 0.300 e. The Morgan fingerprint density at radius 3 is 2.69 bits per heavy atom. The van der Waals surface area contributed by atoms with Gasteiger partial charge in [0.1, 0.15) is 5.78 Å². The minimum atomic E-state index is 0.00218. The second-order valence-corrected chi connectivity index (χ2v) is 9.88. The number of nitriles is 1. The van der Waals surface area contributed by atoms with E-state index >= 15 is 0 Å². The zero-order valence-electron chi connectivity index (χ0n) is 16.4. The number of rotatable bonds is 2. The smallest absolute Gasteiger partial charge is 0.156 e. The van der Waals surface area contributed by atoms with Crippen LogP contribution in [-0.4, -0.2) is 11.6 Å². The highest BCUT2D eigenvalue weighted by Crippen LogP contribution is 2.67. The first-order chi connectivity index (χ1) is 12.3. The SMILES string of the molecule is CC(=O)[C@H]1CC[C@H]2[C@@H]3CCC4=CC(=O)CC(CC#N)[C@]4(C)[C@H]3CC[C@]12C. The van der Waals surface area contributed by atoms with E-state index in [0.29, 0.717) is 36.4 Å². The van der Waals surface area contributed by atoms with Crippen molar-refractivity contribution in [2.75, 3.05) is 0 Å². The van der Waals surface area contributed by atoms with Gasteiger partial charge in [-0.3, -0.25) is 9.59 Å². The van der Waals surface area contributed by atoms with E-state index in [1.54, 1.807) is 6.92 Å². The van der Waals surface area contributed by atoms with Crippen LogP contribution in [0.2, 0.25) is 0 Å². The molecule has 4 aliphatic carbocycles. The first kappa shape index (κ1) is 18.0. The van der Waals surface area contributed by atoms with Gasteiger partial charge in [-0.05, 0) is 86.0 Å². The molecule has 3 heteroatoms. The number of hydrogen-bond donors (Lipinski definition) is 0. The molecule has 4 rings (SSSR count). The van der Waals surface area contributed by atoms with Crippen LogP contribution in [-0.2, 0) is 9.59 Å². The Morgan fingerprint density at radius 2 is 2.00 bits per heavy atom. The summed E-state index contributed by atoms with van der Waals surface area (Å²) in [5, 5.41) is 9.37. The number of hydrogen-bond acceptors (Lipinski definition) is 3. The highest BCUT2D eigenvalue weighted by atomic mass is 16.1. The maximum atomic E-state index is 12.2. The van der Waals surface area contributed by atoms with Gasteiger partial charge in [0.05, 0.1) is 6.07 Å². The molecule has 0 heterocycles. The van der Waals surface area contributed by atoms with E-state index in [1.807, 2.05) is 6.08 Å². The van der Waals surface area contributed by atoms with Crippen molar-refractivity contribution in [2.45, 2.75) is 72.1 Å². The fourth-order valence-electron chi connectivity index (χ4n) is 7.83. The summed E-state index contributed by atoms with van der Waals surface area (Å²) in [6, 6.07) is 2.36. The zero-order chi connectivity index (χ0) is 18.7. The van der Waals surface area contributed by atoms with Gasteiger partial charge in [-0.2, -0.15) is 5.26 Å². The van der Waals surface area contributed by atoms with Crippen LogP contribution in [0.4, 0.5) is 0 Å². The molecule has 0 amide bonds. The molecule has 4 aliphatic rings. The van der Waals surface area contributed by atoms with Gasteiger partial charge >= 0.3 is 0 Å². The summed E-state index contributed by atoms with van der Waals surface area (Å²) >= 11 is 0. The molecule has 140 valence electrons. The molecule has 0 spiro atoms. The first-order valence-corrected chi connectivity index (χ1v) is 10.4. The number of Topliss-reactive ketones (excluding diaryl/α,β-unsaturated/α-hetero) is 1. The van der Waals surface area contributed by atoms with E-state index in [9.17, 15) is 14.9 Å². The van der Waals surface area contributed by atoms with Crippen LogP contribution < -0.4 is 0 Å². The molecule has 3 fully saturated rings. The number of allylic oxidation sites excluding steroid dienone is 1. The van der Waals surface area contributed by atoms with Crippen molar-refractivity contribution in [1.29, 1.82) is 5.26 Å². The Balaban J connectivity index is 1.71. The van der Waals surface area contributed by atoms with Crippen molar-refractivity contribution in [3.63, 3.8) is 0 Å². The maximum Gasteiger partial charge on any atom is 0.156 e. The molecule has 3 saturated carbocycles. The van der Waals surface area contributed by atoms with Crippen molar-refractivity contribution in [2.24, 2.45) is 40.4 Å². The molecule has 0 aliphatic heterocycles. The third-order valence-corrected chi connectivity index (χ3v) is 9.11. The molecular formula is C23H31NO2. The Kier molecular flexibility index (Phi) is 4.17. The van der Waals surface area contributed by atoms with Gasteiger partial charge < -0.3 is 0 Å². The van der Waals surface area contributed by atoms with E-state index in [-0.39, 0.29) is 28.4 Å². The third-order valence-electron chi connectivity index (χ3n) is 9.11. The zero-order valence-corrected chi connectivity index (χ0v) is 16.4. The van der Waals surface area contributed by atoms with Crippen molar-refractivity contribution in [1.82, 2.24) is 0 Å². The minimum absolute atomic E-state index is 0.00218. The van der Waals surface area contributed by atoms with Crippen LogP contribution in [0, 0.1) is 51.8 Å². The second-order valence-electron chi connectivity index (χ2n) is 9.88. The molecule has 1 unspecified atom stereocenters. The highest BCUT2D eigenvalue weighted by Gasteiger charge is 2.61. The third kappa shape index (κ3) is 2.30. The molecule has 0 aromatic rings. The molecule has 0 N–H and O–H groups in total. The van der Waals surface area contributed by atoms with Gasteiger partial charge in [0.15, 0.2) is 5.78 Å². The molecule has 26 heavy (non-hydrogen) atoms. The summed E-state index contributed by atoms with van der Waals surface area (Å²) in [5.74, 6) is 2.85. The van der Waals surface area contributed by atoms with E-state index in [0.717, 1.165) is 32.1 Å². The van der Waals surface area contributed by atoms with Gasteiger partial charge in [-0.15, -0.1) is 0 Å². The molecular weight excluding hydrogens is 322 g/mol. The van der Waals surface area contributed by atoms with Crippen LogP contribution in [0.5, 0.6) is 0 Å². The standard InChI is InChI=1S/C23H31NO2/c1-14(25)19-6-7-20-18-5-4-15-12-17(26)13-16(9-11-24)23(15,3)21(18)8-10-22(19,20)2/h12,16,18-21H,4-10,13H2,1-3H3/t16?,18-,19+,20-,21-,22+,23+/m0/s1. The number of carbonyl (C=O) groups excluding carboxylic acids is 2. The van der Waals surface area contributed by atoms with E-state index < -0.39 is 0 Å². The lowest BCUT2D eigenvalue weighted by Crippen LogP contribution is -2.53. The van der Waals surface area contributed by atoms with Gasteiger partial charge in [0.25, 0.3) is 0 Å². The van der Waals surface area contributed by atoms with Gasteiger partial charge in [0, 0.05) is 18.8 Å². The fraction of sp³-hybridized carbons (Fsp3) is 0.783. The molecule has 3 nitrogen and oxygen atoms in total. The predicted molar refractivity (Wildman–Crippen MR) is 100.0 cm³/mol. The van der Waals surface area contributed by atoms with Crippen LogP contribution >= 0.6 is 0 Å². The summed E-state index contributed by atoms with van der Waals surface area (Å²) < 4.78 is 0. The number of fused-ring (bicyclic) bond motifs is 5. The van der Waals surface area contributed by atoms with Crippen LogP contribution in [0.25, 0.3) is 0 Å². The fourth-order valence-corrected chi connectivity index (χ4v) is 7.83. The quantitative estimate of drug-likeness (QED) is 0.712. The summed E-state index contributed by atoms with van der Waals surface area (Å²) in [7, 11) is 0.